The maximum Gasteiger partial charge on any atom is 0.244 e. The molecule has 0 bridgehead atoms. The zero-order valence-corrected chi connectivity index (χ0v) is 14.4. The molecule has 1 atom stereocenters. The van der Waals surface area contributed by atoms with Crippen molar-refractivity contribution in [2.45, 2.75) is 45.4 Å². The largest absolute Gasteiger partial charge is 0.420 e. The molecule has 0 aliphatic carbocycles. The number of fused-ring (bicyclic) bond motifs is 1. The van der Waals surface area contributed by atoms with Gasteiger partial charge >= 0.3 is 0 Å². The van der Waals surface area contributed by atoms with E-state index in [-0.39, 0.29) is 17.7 Å². The molecule has 0 radical (unpaired) electrons. The fourth-order valence-corrected chi connectivity index (χ4v) is 3.12. The van der Waals surface area contributed by atoms with E-state index in [4.69, 9.17) is 10.5 Å². The number of hydrogen-bond donors (Lipinski definition) is 2. The van der Waals surface area contributed by atoms with Crippen LogP contribution in [0.25, 0.3) is 0 Å². The van der Waals surface area contributed by atoms with E-state index in [1.807, 2.05) is 0 Å². The summed E-state index contributed by atoms with van der Waals surface area (Å²) >= 11 is 0. The van der Waals surface area contributed by atoms with Gasteiger partial charge in [0, 0.05) is 5.69 Å². The van der Waals surface area contributed by atoms with Gasteiger partial charge in [-0.05, 0) is 23.0 Å². The van der Waals surface area contributed by atoms with Crippen LogP contribution in [0, 0.1) is 11.3 Å². The number of allylic oxidation sites excluding steroid dienone is 1. The van der Waals surface area contributed by atoms with Gasteiger partial charge in [0.15, 0.2) is 0 Å². The van der Waals surface area contributed by atoms with E-state index >= 15 is 0 Å². The summed E-state index contributed by atoms with van der Waals surface area (Å²) in [5.74, 6) is 1.04. The predicted octanol–water partition coefficient (Wildman–Crippen LogP) is 3.87. The molecule has 0 amide bonds. The SMILES string of the molecule is CC(C)c1ccc([C@@H]2C(C#N)=C(N)Oc3n[nH]c(C(C)C)c32)cc1. The van der Waals surface area contributed by atoms with Crippen molar-refractivity contribution in [3.8, 4) is 11.9 Å². The predicted molar refractivity (Wildman–Crippen MR) is 92.5 cm³/mol. The van der Waals surface area contributed by atoms with Crippen molar-refractivity contribution in [1.82, 2.24) is 10.2 Å². The van der Waals surface area contributed by atoms with Crippen molar-refractivity contribution < 1.29 is 4.74 Å². The lowest BCUT2D eigenvalue weighted by Gasteiger charge is -2.25. The smallest absolute Gasteiger partial charge is 0.244 e. The molecular formula is C19H22N4O. The topological polar surface area (TPSA) is 87.7 Å². The first-order chi connectivity index (χ1) is 11.4. The first kappa shape index (κ1) is 16.1. The van der Waals surface area contributed by atoms with Crippen molar-refractivity contribution in [3.63, 3.8) is 0 Å². The van der Waals surface area contributed by atoms with Crippen molar-refractivity contribution in [1.29, 1.82) is 5.26 Å². The number of nitrogens with two attached hydrogens (primary N) is 1. The number of H-pyrrole nitrogens is 1. The molecule has 124 valence electrons. The minimum absolute atomic E-state index is 0.129. The maximum atomic E-state index is 9.63. The van der Waals surface area contributed by atoms with Gasteiger partial charge in [0.05, 0.1) is 11.5 Å². The number of benzene rings is 1. The van der Waals surface area contributed by atoms with Crippen LogP contribution in [0.2, 0.25) is 0 Å². The molecule has 24 heavy (non-hydrogen) atoms. The second kappa shape index (κ2) is 6.04. The Bertz CT molecular complexity index is 822. The van der Waals surface area contributed by atoms with E-state index < -0.39 is 0 Å². The fraction of sp³-hybridized carbons (Fsp3) is 0.368. The van der Waals surface area contributed by atoms with E-state index in [2.05, 4.69) is 68.2 Å². The van der Waals surface area contributed by atoms with Crippen LogP contribution in [-0.2, 0) is 0 Å². The Balaban J connectivity index is 2.17. The Morgan fingerprint density at radius 1 is 1.17 bits per heavy atom. The zero-order valence-electron chi connectivity index (χ0n) is 14.4. The summed E-state index contributed by atoms with van der Waals surface area (Å²) in [6, 6.07) is 10.6. The molecule has 0 spiro atoms. The van der Waals surface area contributed by atoms with E-state index in [1.54, 1.807) is 0 Å². The first-order valence-corrected chi connectivity index (χ1v) is 8.19. The third-order valence-corrected chi connectivity index (χ3v) is 4.48. The van der Waals surface area contributed by atoms with E-state index in [9.17, 15) is 5.26 Å². The van der Waals surface area contributed by atoms with E-state index in [1.165, 1.54) is 5.56 Å². The third kappa shape index (κ3) is 2.54. The van der Waals surface area contributed by atoms with Crippen LogP contribution in [0.15, 0.2) is 35.7 Å². The lowest BCUT2D eigenvalue weighted by molar-refractivity contribution is 0.378. The Morgan fingerprint density at radius 3 is 2.38 bits per heavy atom. The van der Waals surface area contributed by atoms with Crippen molar-refractivity contribution >= 4 is 0 Å². The molecule has 5 heteroatoms. The van der Waals surface area contributed by atoms with Gasteiger partial charge in [-0.3, -0.25) is 5.10 Å². The molecule has 3 N–H and O–H groups in total. The van der Waals surface area contributed by atoms with Crippen molar-refractivity contribution in [3.05, 3.63) is 58.1 Å². The molecule has 3 rings (SSSR count). The first-order valence-electron chi connectivity index (χ1n) is 8.19. The van der Waals surface area contributed by atoms with Crippen LogP contribution in [0.3, 0.4) is 0 Å². The Labute approximate surface area is 142 Å². The van der Waals surface area contributed by atoms with Gasteiger partial charge in [0.25, 0.3) is 0 Å². The Morgan fingerprint density at radius 2 is 1.83 bits per heavy atom. The molecule has 1 aliphatic heterocycles. The monoisotopic (exact) mass is 322 g/mol. The number of nitriles is 1. The molecule has 0 saturated carbocycles. The lowest BCUT2D eigenvalue weighted by Crippen LogP contribution is -2.21. The van der Waals surface area contributed by atoms with Gasteiger partial charge in [-0.15, -0.1) is 5.10 Å². The molecule has 2 heterocycles. The highest BCUT2D eigenvalue weighted by atomic mass is 16.5. The minimum Gasteiger partial charge on any atom is -0.420 e. The van der Waals surface area contributed by atoms with Crippen molar-refractivity contribution in [2.24, 2.45) is 5.73 Å². The average molecular weight is 322 g/mol. The van der Waals surface area contributed by atoms with E-state index in [0.717, 1.165) is 16.8 Å². The van der Waals surface area contributed by atoms with Crippen LogP contribution in [0.1, 0.15) is 67.8 Å². The van der Waals surface area contributed by atoms with E-state index in [0.29, 0.717) is 17.4 Å². The molecule has 5 nitrogen and oxygen atoms in total. The van der Waals surface area contributed by atoms with Gasteiger partial charge < -0.3 is 10.5 Å². The maximum absolute atomic E-state index is 9.63. The van der Waals surface area contributed by atoms with Gasteiger partial charge in [-0.2, -0.15) is 5.26 Å². The van der Waals surface area contributed by atoms with Crippen molar-refractivity contribution in [2.75, 3.05) is 0 Å². The minimum atomic E-state index is -0.254. The number of hydrogen-bond acceptors (Lipinski definition) is 4. The second-order valence-corrected chi connectivity index (χ2v) is 6.76. The van der Waals surface area contributed by atoms with Crippen LogP contribution >= 0.6 is 0 Å². The summed E-state index contributed by atoms with van der Waals surface area (Å²) in [6.07, 6.45) is 0. The molecule has 0 fully saturated rings. The second-order valence-electron chi connectivity index (χ2n) is 6.76. The van der Waals surface area contributed by atoms with Crippen LogP contribution in [-0.4, -0.2) is 10.2 Å². The molecule has 1 aliphatic rings. The Hall–Kier alpha value is -2.74. The lowest BCUT2D eigenvalue weighted by atomic mass is 9.82. The number of aromatic amines is 1. The third-order valence-electron chi connectivity index (χ3n) is 4.48. The number of nitrogens with zero attached hydrogens (tertiary/aromatic N) is 2. The van der Waals surface area contributed by atoms with Crippen LogP contribution in [0.4, 0.5) is 0 Å². The van der Waals surface area contributed by atoms with Gasteiger partial charge in [-0.1, -0.05) is 52.0 Å². The molecule has 1 aromatic carbocycles. The highest BCUT2D eigenvalue weighted by Gasteiger charge is 2.35. The van der Waals surface area contributed by atoms with Gasteiger partial charge in [-0.25, -0.2) is 0 Å². The number of rotatable bonds is 3. The normalized spacial score (nSPS) is 17.0. The van der Waals surface area contributed by atoms with Crippen LogP contribution in [0.5, 0.6) is 5.88 Å². The summed E-state index contributed by atoms with van der Waals surface area (Å²) in [4.78, 5) is 0. The molecule has 2 aromatic rings. The molecule has 0 saturated heterocycles. The summed E-state index contributed by atoms with van der Waals surface area (Å²) in [6.45, 7) is 8.49. The highest BCUT2D eigenvalue weighted by molar-refractivity contribution is 5.55. The Kier molecular flexibility index (Phi) is 4.06. The number of ether oxygens (including phenoxy) is 1. The summed E-state index contributed by atoms with van der Waals surface area (Å²) in [5, 5.41) is 16.9. The molecular weight excluding hydrogens is 300 g/mol. The molecule has 1 aromatic heterocycles. The fourth-order valence-electron chi connectivity index (χ4n) is 3.12. The standard InChI is InChI=1S/C19H22N4O/c1-10(2)12-5-7-13(8-6-12)15-14(9-20)18(21)24-19-16(15)17(11(3)4)22-23-19/h5-8,10-11,15H,21H2,1-4H3,(H,22,23)/t15-/m1/s1. The molecule has 0 unspecified atom stereocenters. The zero-order chi connectivity index (χ0) is 17.4. The highest BCUT2D eigenvalue weighted by Crippen LogP contribution is 2.44. The number of aromatic nitrogens is 2. The summed E-state index contributed by atoms with van der Waals surface area (Å²) in [7, 11) is 0. The summed E-state index contributed by atoms with van der Waals surface area (Å²) in [5.41, 5.74) is 10.6. The number of nitrogens with one attached hydrogen (secondary N) is 1. The summed E-state index contributed by atoms with van der Waals surface area (Å²) < 4.78 is 5.57. The van der Waals surface area contributed by atoms with Gasteiger partial charge in [0.2, 0.25) is 11.8 Å². The van der Waals surface area contributed by atoms with Crippen LogP contribution < -0.4 is 10.5 Å². The van der Waals surface area contributed by atoms with Gasteiger partial charge in [0.1, 0.15) is 11.6 Å². The average Bonchev–Trinajstić information content (AvgIpc) is 2.97. The quantitative estimate of drug-likeness (QED) is 0.897.